The summed E-state index contributed by atoms with van der Waals surface area (Å²) >= 11 is 0. The van der Waals surface area contributed by atoms with E-state index in [0.717, 1.165) is 17.6 Å². The lowest BCUT2D eigenvalue weighted by molar-refractivity contribution is 1.15. The number of benzene rings is 3. The van der Waals surface area contributed by atoms with Crippen molar-refractivity contribution in [2.24, 2.45) is 0 Å². The predicted molar refractivity (Wildman–Crippen MR) is 97.1 cm³/mol. The Morgan fingerprint density at radius 1 is 0.826 bits per heavy atom. The van der Waals surface area contributed by atoms with Crippen LogP contribution in [0, 0.1) is 0 Å². The Morgan fingerprint density at radius 2 is 1.61 bits per heavy atom. The maximum Gasteiger partial charge on any atom is 0.137 e. The van der Waals surface area contributed by atoms with Gasteiger partial charge in [-0.3, -0.25) is 4.40 Å². The van der Waals surface area contributed by atoms with Gasteiger partial charge in [0.1, 0.15) is 5.65 Å². The fourth-order valence-corrected chi connectivity index (χ4v) is 3.61. The van der Waals surface area contributed by atoms with Crippen molar-refractivity contribution in [2.75, 3.05) is 0 Å². The van der Waals surface area contributed by atoms with Crippen LogP contribution in [0.1, 0.15) is 12.5 Å². The van der Waals surface area contributed by atoms with E-state index in [-0.39, 0.29) is 0 Å². The summed E-state index contributed by atoms with van der Waals surface area (Å²) in [5.74, 6) is 0. The van der Waals surface area contributed by atoms with Crippen LogP contribution in [-0.4, -0.2) is 9.38 Å². The van der Waals surface area contributed by atoms with Gasteiger partial charge in [0, 0.05) is 17.0 Å². The number of nitrogens with zero attached hydrogens (tertiary/aromatic N) is 2. The highest BCUT2D eigenvalue weighted by atomic mass is 15.0. The van der Waals surface area contributed by atoms with Crippen molar-refractivity contribution >= 4 is 38.2 Å². The maximum absolute atomic E-state index is 4.91. The molecule has 0 amide bonds. The molecule has 2 heterocycles. The number of imidazole rings is 1. The standard InChI is InChI=1S/C21H16N2/c1-2-14-10-11-16-15-7-3-4-8-17(15)20-21(18(16)13-14)23-12-6-5-9-19(23)22-20/h3-13H,2H2,1H3. The third-order valence-electron chi connectivity index (χ3n) is 4.75. The number of aryl methyl sites for hydroxylation is 1. The molecule has 0 atom stereocenters. The fourth-order valence-electron chi connectivity index (χ4n) is 3.61. The SMILES string of the molecule is CCc1ccc2c3ccccc3c3nc4ccccn4c3c2c1. The molecule has 2 aromatic heterocycles. The molecule has 0 aliphatic rings. The first kappa shape index (κ1) is 12.7. The molecule has 0 fully saturated rings. The van der Waals surface area contributed by atoms with E-state index in [9.17, 15) is 0 Å². The normalized spacial score (nSPS) is 11.9. The van der Waals surface area contributed by atoms with Crippen LogP contribution in [0.2, 0.25) is 0 Å². The van der Waals surface area contributed by atoms with E-state index in [4.69, 9.17) is 4.98 Å². The number of pyridine rings is 1. The molecule has 0 aliphatic heterocycles. The van der Waals surface area contributed by atoms with Crippen LogP contribution < -0.4 is 0 Å². The van der Waals surface area contributed by atoms with E-state index in [1.807, 2.05) is 6.07 Å². The molecule has 5 aromatic rings. The van der Waals surface area contributed by atoms with Gasteiger partial charge in [-0.15, -0.1) is 0 Å². The van der Waals surface area contributed by atoms with Gasteiger partial charge in [-0.05, 0) is 41.0 Å². The third-order valence-corrected chi connectivity index (χ3v) is 4.75. The van der Waals surface area contributed by atoms with Crippen LogP contribution in [0.3, 0.4) is 0 Å². The number of aromatic nitrogens is 2. The van der Waals surface area contributed by atoms with E-state index >= 15 is 0 Å². The summed E-state index contributed by atoms with van der Waals surface area (Å²) in [5.41, 5.74) is 4.67. The Kier molecular flexibility index (Phi) is 2.51. The molecular formula is C21H16N2. The molecule has 0 spiro atoms. The smallest absolute Gasteiger partial charge is 0.137 e. The van der Waals surface area contributed by atoms with E-state index in [1.165, 1.54) is 32.6 Å². The summed E-state index contributed by atoms with van der Waals surface area (Å²) in [6.45, 7) is 2.20. The highest BCUT2D eigenvalue weighted by molar-refractivity contribution is 6.24. The molecule has 0 saturated carbocycles. The molecule has 0 saturated heterocycles. The minimum absolute atomic E-state index is 1.00. The molecule has 23 heavy (non-hydrogen) atoms. The third kappa shape index (κ3) is 1.66. The van der Waals surface area contributed by atoms with E-state index in [1.54, 1.807) is 0 Å². The summed E-state index contributed by atoms with van der Waals surface area (Å²) < 4.78 is 2.21. The summed E-state index contributed by atoms with van der Waals surface area (Å²) in [6, 6.07) is 21.6. The molecule has 5 rings (SSSR count). The zero-order valence-corrected chi connectivity index (χ0v) is 13.0. The molecule has 2 heteroatoms. The van der Waals surface area contributed by atoms with Crippen molar-refractivity contribution in [3.05, 3.63) is 72.4 Å². The summed E-state index contributed by atoms with van der Waals surface area (Å²) in [6.07, 6.45) is 3.15. The molecule has 110 valence electrons. The Hall–Kier alpha value is -2.87. The second-order valence-corrected chi connectivity index (χ2v) is 6.02. The molecule has 0 N–H and O–H groups in total. The van der Waals surface area contributed by atoms with Crippen LogP contribution >= 0.6 is 0 Å². The minimum atomic E-state index is 1.00. The topological polar surface area (TPSA) is 17.3 Å². The minimum Gasteiger partial charge on any atom is -0.299 e. The van der Waals surface area contributed by atoms with Crippen LogP contribution in [0.25, 0.3) is 38.2 Å². The first-order chi connectivity index (χ1) is 11.4. The van der Waals surface area contributed by atoms with Crippen molar-refractivity contribution in [3.63, 3.8) is 0 Å². The summed E-state index contributed by atoms with van der Waals surface area (Å²) in [4.78, 5) is 4.91. The van der Waals surface area contributed by atoms with E-state index in [2.05, 4.69) is 72.1 Å². The lowest BCUT2D eigenvalue weighted by Crippen LogP contribution is -1.88. The van der Waals surface area contributed by atoms with E-state index in [0.29, 0.717) is 0 Å². The monoisotopic (exact) mass is 296 g/mol. The first-order valence-electron chi connectivity index (χ1n) is 8.07. The average Bonchev–Trinajstić information content (AvgIpc) is 3.01. The highest BCUT2D eigenvalue weighted by Gasteiger charge is 2.13. The maximum atomic E-state index is 4.91. The quantitative estimate of drug-likeness (QED) is 0.381. The summed E-state index contributed by atoms with van der Waals surface area (Å²) in [5, 5.41) is 5.09. The number of rotatable bonds is 1. The summed E-state index contributed by atoms with van der Waals surface area (Å²) in [7, 11) is 0. The van der Waals surface area contributed by atoms with Crippen molar-refractivity contribution < 1.29 is 0 Å². The van der Waals surface area contributed by atoms with Crippen molar-refractivity contribution in [2.45, 2.75) is 13.3 Å². The Bertz CT molecular complexity index is 1200. The molecule has 0 aliphatic carbocycles. The van der Waals surface area contributed by atoms with Gasteiger partial charge in [0.15, 0.2) is 0 Å². The molecular weight excluding hydrogens is 280 g/mol. The van der Waals surface area contributed by atoms with Gasteiger partial charge in [0.05, 0.1) is 11.0 Å². The number of hydrogen-bond donors (Lipinski definition) is 0. The van der Waals surface area contributed by atoms with E-state index < -0.39 is 0 Å². The van der Waals surface area contributed by atoms with Crippen LogP contribution in [0.5, 0.6) is 0 Å². The van der Waals surface area contributed by atoms with Gasteiger partial charge in [0.2, 0.25) is 0 Å². The van der Waals surface area contributed by atoms with Crippen molar-refractivity contribution in [1.29, 1.82) is 0 Å². The van der Waals surface area contributed by atoms with Gasteiger partial charge in [0.25, 0.3) is 0 Å². The van der Waals surface area contributed by atoms with Crippen molar-refractivity contribution in [3.8, 4) is 0 Å². The molecule has 0 unspecified atom stereocenters. The lowest BCUT2D eigenvalue weighted by Gasteiger charge is -2.08. The second-order valence-electron chi connectivity index (χ2n) is 6.02. The van der Waals surface area contributed by atoms with Gasteiger partial charge in [-0.2, -0.15) is 0 Å². The number of fused-ring (bicyclic) bond motifs is 8. The van der Waals surface area contributed by atoms with Gasteiger partial charge >= 0.3 is 0 Å². The largest absolute Gasteiger partial charge is 0.299 e. The van der Waals surface area contributed by atoms with Gasteiger partial charge in [-0.25, -0.2) is 4.98 Å². The van der Waals surface area contributed by atoms with Crippen LogP contribution in [0.4, 0.5) is 0 Å². The zero-order valence-electron chi connectivity index (χ0n) is 13.0. The molecule has 0 bridgehead atoms. The zero-order chi connectivity index (χ0) is 15.4. The predicted octanol–water partition coefficient (Wildman–Crippen LogP) is 5.36. The second kappa shape index (κ2) is 4.56. The van der Waals surface area contributed by atoms with Crippen LogP contribution in [0.15, 0.2) is 66.9 Å². The lowest BCUT2D eigenvalue weighted by atomic mass is 9.97. The Labute approximate surface area is 134 Å². The van der Waals surface area contributed by atoms with Crippen LogP contribution in [-0.2, 0) is 6.42 Å². The molecule has 3 aromatic carbocycles. The Balaban J connectivity index is 2.17. The first-order valence-corrected chi connectivity index (χ1v) is 8.07. The highest BCUT2D eigenvalue weighted by Crippen LogP contribution is 2.35. The van der Waals surface area contributed by atoms with Crippen molar-refractivity contribution in [1.82, 2.24) is 9.38 Å². The fraction of sp³-hybridized carbons (Fsp3) is 0.0952. The van der Waals surface area contributed by atoms with Gasteiger partial charge < -0.3 is 0 Å². The van der Waals surface area contributed by atoms with Gasteiger partial charge in [-0.1, -0.05) is 49.4 Å². The average molecular weight is 296 g/mol. The number of hydrogen-bond acceptors (Lipinski definition) is 1. The molecule has 2 nitrogen and oxygen atoms in total. The Morgan fingerprint density at radius 3 is 2.48 bits per heavy atom. The molecule has 0 radical (unpaired) electrons.